The molecular weight excluding hydrogens is 318 g/mol. The Morgan fingerprint density at radius 1 is 1.52 bits per heavy atom. The maximum atomic E-state index is 12.0. The molecule has 1 fully saturated rings. The van der Waals surface area contributed by atoms with E-state index in [1.807, 2.05) is 12.1 Å². The molecule has 1 saturated heterocycles. The molecule has 7 heteroatoms. The van der Waals surface area contributed by atoms with Gasteiger partial charge < -0.3 is 14.2 Å². The molecule has 0 spiro atoms. The Hall–Kier alpha value is -1.92. The lowest BCUT2D eigenvalue weighted by atomic mass is 9.98. The van der Waals surface area contributed by atoms with Crippen LogP contribution in [0, 0.1) is 0 Å². The first kappa shape index (κ1) is 16.0. The SMILES string of the molecule is COCC(=O)N1CCC[C@H](c2nc(-c3cccc(Cl)c3)no2)C1. The molecule has 0 bridgehead atoms. The largest absolute Gasteiger partial charge is 0.375 e. The van der Waals surface area contributed by atoms with Crippen molar-refractivity contribution < 1.29 is 14.1 Å². The number of halogens is 1. The van der Waals surface area contributed by atoms with Gasteiger partial charge in [-0.25, -0.2) is 0 Å². The molecular formula is C16H18ClN3O3. The highest BCUT2D eigenvalue weighted by Crippen LogP contribution is 2.28. The Balaban J connectivity index is 1.73. The topological polar surface area (TPSA) is 68.5 Å². The number of aromatic nitrogens is 2. The summed E-state index contributed by atoms with van der Waals surface area (Å²) in [6.07, 6.45) is 1.84. The zero-order chi connectivity index (χ0) is 16.2. The average molecular weight is 336 g/mol. The van der Waals surface area contributed by atoms with Crippen LogP contribution < -0.4 is 0 Å². The van der Waals surface area contributed by atoms with Crippen molar-refractivity contribution in [3.63, 3.8) is 0 Å². The number of carbonyl (C=O) groups is 1. The Bertz CT molecular complexity index is 689. The first-order chi connectivity index (χ1) is 11.2. The fraction of sp³-hybridized carbons (Fsp3) is 0.438. The molecule has 0 saturated carbocycles. The lowest BCUT2D eigenvalue weighted by Crippen LogP contribution is -2.40. The Morgan fingerprint density at radius 3 is 3.17 bits per heavy atom. The van der Waals surface area contributed by atoms with E-state index >= 15 is 0 Å². The lowest BCUT2D eigenvalue weighted by Gasteiger charge is -2.30. The van der Waals surface area contributed by atoms with Gasteiger partial charge in [-0.15, -0.1) is 0 Å². The van der Waals surface area contributed by atoms with Crippen LogP contribution in [0.25, 0.3) is 11.4 Å². The standard InChI is InChI=1S/C16H18ClN3O3/c1-22-10-14(21)20-7-3-5-12(9-20)16-18-15(19-23-16)11-4-2-6-13(17)8-11/h2,4,6,8,12H,3,5,7,9-10H2,1H3/t12-/m0/s1. The highest BCUT2D eigenvalue weighted by atomic mass is 35.5. The second kappa shape index (κ2) is 7.10. The third kappa shape index (κ3) is 3.71. The molecule has 3 rings (SSSR count). The van der Waals surface area contributed by atoms with Crippen molar-refractivity contribution in [2.75, 3.05) is 26.8 Å². The number of hydrogen-bond acceptors (Lipinski definition) is 5. The Labute approximate surface area is 139 Å². The summed E-state index contributed by atoms with van der Waals surface area (Å²) in [4.78, 5) is 18.2. The number of carbonyl (C=O) groups excluding carboxylic acids is 1. The van der Waals surface area contributed by atoms with Gasteiger partial charge in [0.05, 0.1) is 5.92 Å². The van der Waals surface area contributed by atoms with Crippen LogP contribution in [0.4, 0.5) is 0 Å². The monoisotopic (exact) mass is 335 g/mol. The zero-order valence-electron chi connectivity index (χ0n) is 12.9. The van der Waals surface area contributed by atoms with Crippen LogP contribution in [-0.4, -0.2) is 47.8 Å². The number of ether oxygens (including phenoxy) is 1. The van der Waals surface area contributed by atoms with Gasteiger partial charge in [0.2, 0.25) is 17.6 Å². The van der Waals surface area contributed by atoms with Crippen LogP contribution in [0.15, 0.2) is 28.8 Å². The van der Waals surface area contributed by atoms with E-state index in [1.54, 1.807) is 17.0 Å². The number of amides is 1. The average Bonchev–Trinajstić information content (AvgIpc) is 3.05. The van der Waals surface area contributed by atoms with Crippen molar-refractivity contribution in [2.24, 2.45) is 0 Å². The van der Waals surface area contributed by atoms with E-state index in [0.29, 0.717) is 23.3 Å². The third-order valence-electron chi connectivity index (χ3n) is 3.92. The molecule has 1 aliphatic rings. The smallest absolute Gasteiger partial charge is 0.248 e. The number of benzene rings is 1. The summed E-state index contributed by atoms with van der Waals surface area (Å²) in [6, 6.07) is 7.33. The summed E-state index contributed by atoms with van der Waals surface area (Å²) in [7, 11) is 1.52. The van der Waals surface area contributed by atoms with Gasteiger partial charge in [0.25, 0.3) is 0 Å². The number of methoxy groups -OCH3 is 1. The molecule has 0 aliphatic carbocycles. The van der Waals surface area contributed by atoms with E-state index < -0.39 is 0 Å². The fourth-order valence-electron chi connectivity index (χ4n) is 2.77. The van der Waals surface area contributed by atoms with Gasteiger partial charge in [0.15, 0.2) is 0 Å². The van der Waals surface area contributed by atoms with E-state index in [9.17, 15) is 4.79 Å². The molecule has 23 heavy (non-hydrogen) atoms. The number of likely N-dealkylation sites (tertiary alicyclic amines) is 1. The summed E-state index contributed by atoms with van der Waals surface area (Å²) in [6.45, 7) is 1.43. The number of rotatable bonds is 4. The van der Waals surface area contributed by atoms with Crippen LogP contribution in [0.2, 0.25) is 5.02 Å². The van der Waals surface area contributed by atoms with Crippen molar-refractivity contribution in [1.29, 1.82) is 0 Å². The van der Waals surface area contributed by atoms with Crippen LogP contribution in [0.3, 0.4) is 0 Å². The molecule has 0 radical (unpaired) electrons. The number of piperidine rings is 1. The minimum absolute atomic E-state index is 0.00761. The second-order valence-electron chi connectivity index (χ2n) is 5.58. The summed E-state index contributed by atoms with van der Waals surface area (Å²) in [5.41, 5.74) is 0.815. The lowest BCUT2D eigenvalue weighted by molar-refractivity contribution is -0.136. The van der Waals surface area contributed by atoms with Crippen LogP contribution in [-0.2, 0) is 9.53 Å². The Morgan fingerprint density at radius 2 is 2.39 bits per heavy atom. The Kier molecular flexibility index (Phi) is 4.93. The molecule has 6 nitrogen and oxygen atoms in total. The van der Waals surface area contributed by atoms with E-state index in [1.165, 1.54) is 7.11 Å². The molecule has 1 aromatic heterocycles. The van der Waals surface area contributed by atoms with E-state index in [2.05, 4.69) is 10.1 Å². The predicted molar refractivity (Wildman–Crippen MR) is 85.2 cm³/mol. The van der Waals surface area contributed by atoms with E-state index in [-0.39, 0.29) is 18.4 Å². The van der Waals surface area contributed by atoms with Crippen molar-refractivity contribution in [3.05, 3.63) is 35.2 Å². The fourth-order valence-corrected chi connectivity index (χ4v) is 2.96. The van der Waals surface area contributed by atoms with Crippen molar-refractivity contribution in [2.45, 2.75) is 18.8 Å². The van der Waals surface area contributed by atoms with Crippen LogP contribution in [0.1, 0.15) is 24.7 Å². The molecule has 122 valence electrons. The summed E-state index contributed by atoms with van der Waals surface area (Å²) < 4.78 is 10.3. The van der Waals surface area contributed by atoms with Crippen LogP contribution in [0.5, 0.6) is 0 Å². The van der Waals surface area contributed by atoms with Crippen molar-refractivity contribution >= 4 is 17.5 Å². The molecule has 1 atom stereocenters. The maximum absolute atomic E-state index is 12.0. The first-order valence-corrected chi connectivity index (χ1v) is 7.91. The summed E-state index contributed by atoms with van der Waals surface area (Å²) in [5, 5.41) is 4.66. The third-order valence-corrected chi connectivity index (χ3v) is 4.15. The van der Waals surface area contributed by atoms with E-state index in [0.717, 1.165) is 24.9 Å². The highest BCUT2D eigenvalue weighted by Gasteiger charge is 2.28. The molecule has 2 heterocycles. The van der Waals surface area contributed by atoms with Crippen LogP contribution >= 0.6 is 11.6 Å². The minimum atomic E-state index is -0.00761. The van der Waals surface area contributed by atoms with Gasteiger partial charge in [-0.1, -0.05) is 28.9 Å². The predicted octanol–water partition coefficient (Wildman–Crippen LogP) is 2.74. The number of hydrogen-bond donors (Lipinski definition) is 0. The zero-order valence-corrected chi connectivity index (χ0v) is 13.6. The van der Waals surface area contributed by atoms with Gasteiger partial charge in [-0.3, -0.25) is 4.79 Å². The maximum Gasteiger partial charge on any atom is 0.248 e. The molecule has 2 aromatic rings. The highest BCUT2D eigenvalue weighted by molar-refractivity contribution is 6.30. The first-order valence-electron chi connectivity index (χ1n) is 7.53. The van der Waals surface area contributed by atoms with Gasteiger partial charge >= 0.3 is 0 Å². The minimum Gasteiger partial charge on any atom is -0.375 e. The van der Waals surface area contributed by atoms with Gasteiger partial charge in [0, 0.05) is 30.8 Å². The molecule has 1 aliphatic heterocycles. The molecule has 1 amide bonds. The quantitative estimate of drug-likeness (QED) is 0.859. The summed E-state index contributed by atoms with van der Waals surface area (Å²) >= 11 is 5.99. The second-order valence-corrected chi connectivity index (χ2v) is 6.01. The molecule has 0 unspecified atom stereocenters. The van der Waals surface area contributed by atoms with Crippen molar-refractivity contribution in [1.82, 2.24) is 15.0 Å². The molecule has 0 N–H and O–H groups in total. The van der Waals surface area contributed by atoms with E-state index in [4.69, 9.17) is 20.9 Å². The summed E-state index contributed by atoms with van der Waals surface area (Å²) in [5.74, 6) is 1.13. The van der Waals surface area contributed by atoms with Gasteiger partial charge in [-0.2, -0.15) is 4.98 Å². The van der Waals surface area contributed by atoms with Gasteiger partial charge in [-0.05, 0) is 25.0 Å². The normalized spacial score (nSPS) is 18.2. The molecule has 1 aromatic carbocycles. The van der Waals surface area contributed by atoms with Crippen molar-refractivity contribution in [3.8, 4) is 11.4 Å². The van der Waals surface area contributed by atoms with Gasteiger partial charge in [0.1, 0.15) is 6.61 Å². The number of nitrogens with zero attached hydrogens (tertiary/aromatic N) is 3.